The summed E-state index contributed by atoms with van der Waals surface area (Å²) in [6.07, 6.45) is 1.35. The van der Waals surface area contributed by atoms with Crippen LogP contribution >= 0.6 is 22.9 Å². The summed E-state index contributed by atoms with van der Waals surface area (Å²) in [5, 5.41) is 4.76. The molecule has 1 fully saturated rings. The minimum absolute atomic E-state index is 0.0553. The number of sulfonamides is 1. The Morgan fingerprint density at radius 1 is 1.23 bits per heavy atom. The van der Waals surface area contributed by atoms with Crippen molar-refractivity contribution in [1.82, 2.24) is 24.5 Å². The Labute approximate surface area is 233 Å². The van der Waals surface area contributed by atoms with Crippen molar-refractivity contribution in [2.45, 2.75) is 16.8 Å². The Morgan fingerprint density at radius 2 is 2.05 bits per heavy atom. The lowest BCUT2D eigenvalue weighted by atomic mass is 10.1. The van der Waals surface area contributed by atoms with Crippen molar-refractivity contribution >= 4 is 71.6 Å². The quantitative estimate of drug-likeness (QED) is 0.233. The minimum atomic E-state index is -4.08. The first kappa shape index (κ1) is 27.2. The largest absolute Gasteiger partial charge is 0.463 e. The number of piperazine rings is 1. The molecule has 1 aliphatic rings. The van der Waals surface area contributed by atoms with Crippen LogP contribution < -0.4 is 11.1 Å². The number of benzene rings is 2. The van der Waals surface area contributed by atoms with Gasteiger partial charge in [0, 0.05) is 34.7 Å². The minimum Gasteiger partial charge on any atom is -0.463 e. The van der Waals surface area contributed by atoms with Crippen LogP contribution in [0.1, 0.15) is 5.56 Å². The van der Waals surface area contributed by atoms with Crippen LogP contribution in [0.2, 0.25) is 5.02 Å². The van der Waals surface area contributed by atoms with Gasteiger partial charge in [0.05, 0.1) is 12.1 Å². The fourth-order valence-electron chi connectivity index (χ4n) is 4.36. The van der Waals surface area contributed by atoms with Gasteiger partial charge in [0.25, 0.3) is 10.0 Å². The Hall–Kier alpha value is -3.36. The zero-order valence-electron chi connectivity index (χ0n) is 20.8. The fraction of sp³-hybridized carbons (Fsp3) is 0.280. The van der Waals surface area contributed by atoms with E-state index in [1.807, 2.05) is 0 Å². The molecule has 0 aliphatic carbocycles. The monoisotopic (exact) mass is 588 g/mol. The predicted molar refractivity (Wildman–Crippen MR) is 149 cm³/mol. The second-order valence-corrected chi connectivity index (χ2v) is 12.6. The van der Waals surface area contributed by atoms with E-state index in [0.29, 0.717) is 38.6 Å². The van der Waals surface area contributed by atoms with Gasteiger partial charge in [0.1, 0.15) is 29.0 Å². The Bertz CT molecular complexity index is 1680. The van der Waals surface area contributed by atoms with E-state index in [1.165, 1.54) is 11.2 Å². The molecule has 4 aromatic rings. The van der Waals surface area contributed by atoms with Crippen LogP contribution in [-0.2, 0) is 30.9 Å². The summed E-state index contributed by atoms with van der Waals surface area (Å²) in [5.41, 5.74) is 7.20. The van der Waals surface area contributed by atoms with Crippen molar-refractivity contribution in [2.24, 2.45) is 0 Å². The van der Waals surface area contributed by atoms with Crippen molar-refractivity contribution in [3.05, 3.63) is 59.4 Å². The molecule has 1 amide bonds. The van der Waals surface area contributed by atoms with Gasteiger partial charge in [0.2, 0.25) is 5.91 Å². The zero-order valence-corrected chi connectivity index (χ0v) is 23.2. The Kier molecular flexibility index (Phi) is 7.69. The third-order valence-corrected chi connectivity index (χ3v) is 9.99. The first-order valence-electron chi connectivity index (χ1n) is 12.0. The molecule has 39 heavy (non-hydrogen) atoms. The molecule has 204 valence electrons. The van der Waals surface area contributed by atoms with E-state index < -0.39 is 34.5 Å². The highest BCUT2D eigenvalue weighted by Gasteiger charge is 2.43. The molecule has 0 bridgehead atoms. The Morgan fingerprint density at radius 3 is 2.85 bits per heavy atom. The van der Waals surface area contributed by atoms with Crippen LogP contribution in [0.5, 0.6) is 0 Å². The standard InChI is InChI=1S/C25H25ClN6O5S2/c1-28-6-7-37-25(34)20-12-31(39(35,36)23-9-16-3-4-17(26)10-21(16)38-23)13-22(33)32(20)11-15-2-5-18-19(8-15)29-14-30-24(18)27/h2-5,8-10,14,20,28H,6-7,11-13H2,1H3,(H2,27,29,30). The van der Waals surface area contributed by atoms with Crippen LogP contribution in [0.15, 0.2) is 53.0 Å². The molecule has 3 heterocycles. The third-order valence-electron chi connectivity index (χ3n) is 6.39. The summed E-state index contributed by atoms with van der Waals surface area (Å²) in [6, 6.07) is 10.8. The first-order chi connectivity index (χ1) is 18.7. The molecule has 3 N–H and O–H groups in total. The summed E-state index contributed by atoms with van der Waals surface area (Å²) in [7, 11) is -2.37. The van der Waals surface area contributed by atoms with Gasteiger partial charge in [-0.2, -0.15) is 4.31 Å². The molecule has 0 saturated carbocycles. The highest BCUT2D eigenvalue weighted by atomic mass is 35.5. The molecule has 1 aliphatic heterocycles. The summed E-state index contributed by atoms with van der Waals surface area (Å²) >= 11 is 7.13. The first-order valence-corrected chi connectivity index (χ1v) is 14.6. The molecule has 2 aromatic carbocycles. The van der Waals surface area contributed by atoms with Crippen LogP contribution in [0, 0.1) is 0 Å². The number of nitrogen functional groups attached to an aromatic ring is 1. The predicted octanol–water partition coefficient (Wildman–Crippen LogP) is 2.24. The number of amides is 1. The number of carbonyl (C=O) groups is 2. The number of nitrogens with zero attached hydrogens (tertiary/aromatic N) is 4. The number of hydrogen-bond donors (Lipinski definition) is 2. The van der Waals surface area contributed by atoms with Crippen LogP contribution in [0.4, 0.5) is 5.82 Å². The van der Waals surface area contributed by atoms with Gasteiger partial charge in [-0.3, -0.25) is 4.79 Å². The number of likely N-dealkylation sites (N-methyl/N-ethyl adjacent to an activating group) is 1. The fourth-order valence-corrected chi connectivity index (χ4v) is 7.58. The average Bonchev–Trinajstić information content (AvgIpc) is 3.34. The number of nitrogens with two attached hydrogens (primary N) is 1. The van der Waals surface area contributed by atoms with E-state index in [-0.39, 0.29) is 23.9 Å². The summed E-state index contributed by atoms with van der Waals surface area (Å²) in [6.45, 7) is -0.126. The second-order valence-electron chi connectivity index (χ2n) is 8.96. The van der Waals surface area contributed by atoms with E-state index >= 15 is 0 Å². The second kappa shape index (κ2) is 11.0. The molecule has 14 heteroatoms. The highest BCUT2D eigenvalue weighted by molar-refractivity contribution is 7.91. The number of hydrogen-bond acceptors (Lipinski definition) is 10. The Balaban J connectivity index is 1.44. The number of esters is 1. The van der Waals surface area contributed by atoms with Gasteiger partial charge < -0.3 is 20.7 Å². The van der Waals surface area contributed by atoms with Crippen molar-refractivity contribution in [1.29, 1.82) is 0 Å². The maximum Gasteiger partial charge on any atom is 0.330 e. The molecule has 1 unspecified atom stereocenters. The molecule has 5 rings (SSSR count). The van der Waals surface area contributed by atoms with Crippen LogP contribution in [0.3, 0.4) is 0 Å². The van der Waals surface area contributed by atoms with E-state index in [2.05, 4.69) is 15.3 Å². The smallest absolute Gasteiger partial charge is 0.330 e. The number of thiophene rings is 1. The number of anilines is 1. The molecule has 0 radical (unpaired) electrons. The number of halogens is 1. The number of ether oxygens (including phenoxy) is 1. The van der Waals surface area contributed by atoms with Gasteiger partial charge in [-0.25, -0.2) is 23.2 Å². The topological polar surface area (TPSA) is 148 Å². The van der Waals surface area contributed by atoms with Crippen molar-refractivity contribution in [2.75, 3.05) is 39.0 Å². The third kappa shape index (κ3) is 5.54. The highest BCUT2D eigenvalue weighted by Crippen LogP contribution is 2.34. The molecule has 0 spiro atoms. The maximum atomic E-state index is 13.6. The van der Waals surface area contributed by atoms with Crippen LogP contribution in [0.25, 0.3) is 21.0 Å². The number of carbonyl (C=O) groups excluding carboxylic acids is 2. The number of aromatic nitrogens is 2. The van der Waals surface area contributed by atoms with Crippen LogP contribution in [-0.4, -0.2) is 78.8 Å². The van der Waals surface area contributed by atoms with E-state index in [0.717, 1.165) is 21.0 Å². The van der Waals surface area contributed by atoms with E-state index in [4.69, 9.17) is 22.1 Å². The maximum absolute atomic E-state index is 13.6. The summed E-state index contributed by atoms with van der Waals surface area (Å²) < 4.78 is 34.4. The van der Waals surface area contributed by atoms with Gasteiger partial charge >= 0.3 is 5.97 Å². The number of nitrogens with one attached hydrogen (secondary N) is 1. The van der Waals surface area contributed by atoms with Crippen molar-refractivity contribution < 1.29 is 22.7 Å². The lowest BCUT2D eigenvalue weighted by Gasteiger charge is -2.38. The van der Waals surface area contributed by atoms with E-state index in [9.17, 15) is 18.0 Å². The van der Waals surface area contributed by atoms with Gasteiger partial charge in [0.15, 0.2) is 0 Å². The van der Waals surface area contributed by atoms with E-state index in [1.54, 1.807) is 49.5 Å². The summed E-state index contributed by atoms with van der Waals surface area (Å²) in [4.78, 5) is 36.1. The lowest BCUT2D eigenvalue weighted by Crippen LogP contribution is -2.60. The van der Waals surface area contributed by atoms with Crippen molar-refractivity contribution in [3.8, 4) is 0 Å². The zero-order chi connectivity index (χ0) is 27.7. The van der Waals surface area contributed by atoms with Gasteiger partial charge in [-0.1, -0.05) is 23.7 Å². The average molecular weight is 589 g/mol. The molecular weight excluding hydrogens is 564 g/mol. The van der Waals surface area contributed by atoms with Crippen molar-refractivity contribution in [3.63, 3.8) is 0 Å². The summed E-state index contributed by atoms with van der Waals surface area (Å²) in [5.74, 6) is -0.878. The molecule has 1 saturated heterocycles. The van der Waals surface area contributed by atoms with Gasteiger partial charge in [-0.15, -0.1) is 11.3 Å². The molecule has 2 aromatic heterocycles. The number of rotatable bonds is 8. The normalized spacial score (nSPS) is 16.7. The SMILES string of the molecule is CNCCOC(=O)C1CN(S(=O)(=O)c2cc3ccc(Cl)cc3s2)CC(=O)N1Cc1ccc2c(N)ncnc2c1. The molecular formula is C25H25ClN6O5S2. The molecule has 1 atom stereocenters. The lowest BCUT2D eigenvalue weighted by molar-refractivity contribution is -0.159. The molecule has 11 nitrogen and oxygen atoms in total. The van der Waals surface area contributed by atoms with Gasteiger partial charge in [-0.05, 0) is 48.3 Å². The number of fused-ring (bicyclic) bond motifs is 2.